The van der Waals surface area contributed by atoms with Gasteiger partial charge in [0.25, 0.3) is 5.91 Å². The zero-order chi connectivity index (χ0) is 16.2. The lowest BCUT2D eigenvalue weighted by Crippen LogP contribution is -2.12. The van der Waals surface area contributed by atoms with Crippen molar-refractivity contribution in [2.75, 3.05) is 5.32 Å². The summed E-state index contributed by atoms with van der Waals surface area (Å²) in [5.74, 6) is -0.365. The molecule has 1 aromatic heterocycles. The molecule has 23 heavy (non-hydrogen) atoms. The highest BCUT2D eigenvalue weighted by Crippen LogP contribution is 2.15. The maximum Gasteiger partial charge on any atom is 0.277 e. The van der Waals surface area contributed by atoms with Gasteiger partial charge in [0.05, 0.1) is 23.5 Å². The van der Waals surface area contributed by atoms with E-state index in [0.29, 0.717) is 11.3 Å². The Morgan fingerprint density at radius 3 is 2.70 bits per heavy atom. The number of anilines is 1. The zero-order valence-corrected chi connectivity index (χ0v) is 13.4. The molecule has 7 heteroatoms. The topological polar surface area (TPSA) is 83.6 Å². The van der Waals surface area contributed by atoms with Crippen LogP contribution in [0.5, 0.6) is 0 Å². The van der Waals surface area contributed by atoms with Gasteiger partial charge in [0, 0.05) is 10.2 Å². The van der Waals surface area contributed by atoms with E-state index in [-0.39, 0.29) is 11.6 Å². The molecule has 0 saturated carbocycles. The van der Waals surface area contributed by atoms with Gasteiger partial charge in [0.1, 0.15) is 0 Å². The molecule has 0 bridgehead atoms. The van der Waals surface area contributed by atoms with Crippen LogP contribution >= 0.6 is 15.9 Å². The molecule has 0 aliphatic rings. The van der Waals surface area contributed by atoms with Crippen LogP contribution in [-0.4, -0.2) is 20.9 Å². The Kier molecular flexibility index (Phi) is 4.17. The van der Waals surface area contributed by atoms with E-state index in [2.05, 4.69) is 31.6 Å². The number of halogens is 1. The van der Waals surface area contributed by atoms with Crippen LogP contribution in [0, 0.1) is 11.3 Å². The number of carbonyl (C=O) groups is 1. The lowest BCUT2D eigenvalue weighted by Gasteiger charge is -2.02. The third-order valence-electron chi connectivity index (χ3n) is 3.07. The van der Waals surface area contributed by atoms with Crippen molar-refractivity contribution in [3.8, 4) is 11.8 Å². The van der Waals surface area contributed by atoms with E-state index < -0.39 is 0 Å². The molecule has 3 aromatic rings. The number of nitriles is 1. The molecule has 0 fully saturated rings. The molecule has 0 radical (unpaired) electrons. The number of nitrogens with one attached hydrogen (secondary N) is 1. The zero-order valence-electron chi connectivity index (χ0n) is 11.8. The average molecular weight is 368 g/mol. The Labute approximate surface area is 140 Å². The minimum absolute atomic E-state index is 0.203. The van der Waals surface area contributed by atoms with Gasteiger partial charge in [-0.05, 0) is 42.5 Å². The molecule has 0 aliphatic heterocycles. The Hall–Kier alpha value is -2.98. The fraction of sp³-hybridized carbons (Fsp3) is 0. The van der Waals surface area contributed by atoms with Crippen LogP contribution in [0.15, 0.2) is 59.2 Å². The van der Waals surface area contributed by atoms with Gasteiger partial charge in [-0.15, -0.1) is 5.10 Å². The van der Waals surface area contributed by atoms with Crippen molar-refractivity contribution in [2.24, 2.45) is 0 Å². The first-order chi connectivity index (χ1) is 11.2. The number of benzene rings is 2. The molecule has 1 heterocycles. The van der Waals surface area contributed by atoms with E-state index in [9.17, 15) is 4.79 Å². The van der Waals surface area contributed by atoms with Crippen LogP contribution in [-0.2, 0) is 0 Å². The fourth-order valence-corrected chi connectivity index (χ4v) is 2.32. The second kappa shape index (κ2) is 6.42. The number of aromatic nitrogens is 3. The van der Waals surface area contributed by atoms with Crippen molar-refractivity contribution in [2.45, 2.75) is 0 Å². The minimum atomic E-state index is -0.365. The SMILES string of the molecule is N#Cc1ccc(NC(=O)c2cn(-c3cccc(Br)c3)nn2)cc1. The third-order valence-corrected chi connectivity index (χ3v) is 3.56. The van der Waals surface area contributed by atoms with E-state index >= 15 is 0 Å². The Morgan fingerprint density at radius 1 is 1.22 bits per heavy atom. The Morgan fingerprint density at radius 2 is 2.00 bits per heavy atom. The van der Waals surface area contributed by atoms with E-state index in [1.54, 1.807) is 30.5 Å². The first-order valence-corrected chi connectivity index (χ1v) is 7.45. The molecular weight excluding hydrogens is 358 g/mol. The molecule has 6 nitrogen and oxygen atoms in total. The van der Waals surface area contributed by atoms with Gasteiger partial charge in [-0.1, -0.05) is 27.2 Å². The van der Waals surface area contributed by atoms with Crippen molar-refractivity contribution >= 4 is 27.5 Å². The molecule has 112 valence electrons. The van der Waals surface area contributed by atoms with Crippen LogP contribution in [0.2, 0.25) is 0 Å². The van der Waals surface area contributed by atoms with Crippen molar-refractivity contribution in [3.05, 3.63) is 70.5 Å². The van der Waals surface area contributed by atoms with Crippen molar-refractivity contribution in [1.29, 1.82) is 5.26 Å². The summed E-state index contributed by atoms with van der Waals surface area (Å²) in [7, 11) is 0. The minimum Gasteiger partial charge on any atom is -0.321 e. The quantitative estimate of drug-likeness (QED) is 0.770. The predicted molar refractivity (Wildman–Crippen MR) is 88.2 cm³/mol. The van der Waals surface area contributed by atoms with E-state index in [1.807, 2.05) is 30.3 Å². The van der Waals surface area contributed by atoms with Gasteiger partial charge in [0.15, 0.2) is 5.69 Å². The second-order valence-electron chi connectivity index (χ2n) is 4.67. The van der Waals surface area contributed by atoms with Gasteiger partial charge >= 0.3 is 0 Å². The van der Waals surface area contributed by atoms with E-state index in [4.69, 9.17) is 5.26 Å². The van der Waals surface area contributed by atoms with Crippen LogP contribution in [0.25, 0.3) is 5.69 Å². The van der Waals surface area contributed by atoms with E-state index in [1.165, 1.54) is 4.68 Å². The molecule has 0 atom stereocenters. The highest BCUT2D eigenvalue weighted by Gasteiger charge is 2.12. The standard InChI is InChI=1S/C16H10BrN5O/c17-12-2-1-3-14(8-12)22-10-15(20-21-22)16(23)19-13-6-4-11(9-18)5-7-13/h1-8,10H,(H,19,23). The number of nitrogens with zero attached hydrogens (tertiary/aromatic N) is 4. The Balaban J connectivity index is 1.77. The molecule has 3 rings (SSSR count). The number of hydrogen-bond donors (Lipinski definition) is 1. The van der Waals surface area contributed by atoms with Crippen molar-refractivity contribution < 1.29 is 4.79 Å². The summed E-state index contributed by atoms with van der Waals surface area (Å²) in [6.45, 7) is 0. The van der Waals surface area contributed by atoms with Crippen LogP contribution < -0.4 is 5.32 Å². The van der Waals surface area contributed by atoms with E-state index in [0.717, 1.165) is 10.2 Å². The highest BCUT2D eigenvalue weighted by molar-refractivity contribution is 9.10. The molecule has 1 N–H and O–H groups in total. The van der Waals surface area contributed by atoms with Crippen LogP contribution in [0.3, 0.4) is 0 Å². The Bertz CT molecular complexity index is 895. The highest BCUT2D eigenvalue weighted by atomic mass is 79.9. The lowest BCUT2D eigenvalue weighted by molar-refractivity contribution is 0.102. The summed E-state index contributed by atoms with van der Waals surface area (Å²) >= 11 is 3.39. The lowest BCUT2D eigenvalue weighted by atomic mass is 10.2. The number of carbonyl (C=O) groups excluding carboxylic acids is 1. The smallest absolute Gasteiger partial charge is 0.277 e. The van der Waals surface area contributed by atoms with Gasteiger partial charge < -0.3 is 5.32 Å². The molecule has 0 saturated heterocycles. The van der Waals surface area contributed by atoms with Crippen LogP contribution in [0.1, 0.15) is 16.1 Å². The molecule has 1 amide bonds. The molecule has 0 unspecified atom stereocenters. The summed E-state index contributed by atoms with van der Waals surface area (Å²) in [5.41, 5.74) is 2.12. The second-order valence-corrected chi connectivity index (χ2v) is 5.59. The van der Waals surface area contributed by atoms with Crippen LogP contribution in [0.4, 0.5) is 5.69 Å². The average Bonchev–Trinajstić information content (AvgIpc) is 3.06. The number of amides is 1. The summed E-state index contributed by atoms with van der Waals surface area (Å²) in [6, 6.07) is 16.1. The summed E-state index contributed by atoms with van der Waals surface area (Å²) < 4.78 is 2.44. The summed E-state index contributed by atoms with van der Waals surface area (Å²) in [5, 5.41) is 19.3. The first kappa shape index (κ1) is 14.9. The van der Waals surface area contributed by atoms with Gasteiger partial charge in [-0.3, -0.25) is 4.79 Å². The molecular formula is C16H10BrN5O. The molecule has 0 spiro atoms. The van der Waals surface area contributed by atoms with Crippen molar-refractivity contribution in [1.82, 2.24) is 15.0 Å². The number of hydrogen-bond acceptors (Lipinski definition) is 4. The largest absolute Gasteiger partial charge is 0.321 e. The van der Waals surface area contributed by atoms with Crippen molar-refractivity contribution in [3.63, 3.8) is 0 Å². The monoisotopic (exact) mass is 367 g/mol. The molecule has 2 aromatic carbocycles. The normalized spacial score (nSPS) is 10.1. The fourth-order valence-electron chi connectivity index (χ4n) is 1.94. The number of rotatable bonds is 3. The van der Waals surface area contributed by atoms with Gasteiger partial charge in [0.2, 0.25) is 0 Å². The first-order valence-electron chi connectivity index (χ1n) is 6.65. The maximum atomic E-state index is 12.2. The van der Waals surface area contributed by atoms with Gasteiger partial charge in [-0.25, -0.2) is 4.68 Å². The summed E-state index contributed by atoms with van der Waals surface area (Å²) in [4.78, 5) is 12.2. The summed E-state index contributed by atoms with van der Waals surface area (Å²) in [6.07, 6.45) is 1.56. The van der Waals surface area contributed by atoms with Gasteiger partial charge in [-0.2, -0.15) is 5.26 Å². The maximum absolute atomic E-state index is 12.2. The predicted octanol–water partition coefficient (Wildman–Crippen LogP) is 3.15. The molecule has 0 aliphatic carbocycles. The third kappa shape index (κ3) is 3.44.